The number of hydrogen-bond donors (Lipinski definition) is 2. The average Bonchev–Trinajstić information content (AvgIpc) is 2.43. The number of methoxy groups -OCH3 is 1. The Hall–Kier alpha value is -1.97. The van der Waals surface area contributed by atoms with Crippen LogP contribution in [-0.2, 0) is 9.59 Å². The molecule has 1 atom stereocenters. The van der Waals surface area contributed by atoms with Gasteiger partial charge < -0.3 is 15.2 Å². The molecule has 1 amide bonds. The summed E-state index contributed by atoms with van der Waals surface area (Å²) in [7, 11) is 1.23. The molecule has 23 heavy (non-hydrogen) atoms. The third-order valence-electron chi connectivity index (χ3n) is 2.56. The van der Waals surface area contributed by atoms with Gasteiger partial charge in [-0.3, -0.25) is 4.79 Å². The van der Waals surface area contributed by atoms with Gasteiger partial charge in [-0.25, -0.2) is 9.18 Å². The van der Waals surface area contributed by atoms with Crippen LogP contribution in [0.25, 0.3) is 0 Å². The van der Waals surface area contributed by atoms with Crippen LogP contribution in [0.2, 0.25) is 0 Å². The molecule has 0 heterocycles. The molecule has 0 bridgehead atoms. The van der Waals surface area contributed by atoms with Crippen molar-refractivity contribution in [1.29, 1.82) is 0 Å². The Kier molecular flexibility index (Phi) is 6.67. The zero-order valence-corrected chi connectivity index (χ0v) is 12.6. The number of alkyl halides is 3. The second-order valence-electron chi connectivity index (χ2n) is 4.34. The van der Waals surface area contributed by atoms with Gasteiger partial charge in [-0.15, -0.1) is 11.8 Å². The number of carbonyl (C=O) groups excluding carboxylic acids is 1. The van der Waals surface area contributed by atoms with E-state index in [-0.39, 0.29) is 11.3 Å². The number of nitrogens with one attached hydrogen (secondary N) is 1. The van der Waals surface area contributed by atoms with E-state index >= 15 is 0 Å². The predicted octanol–water partition coefficient (Wildman–Crippen LogP) is 2.37. The highest BCUT2D eigenvalue weighted by Gasteiger charge is 2.28. The van der Waals surface area contributed by atoms with Crippen molar-refractivity contribution in [2.75, 3.05) is 18.6 Å². The standard InChI is InChI=1S/C13H13F4NO4S/c1-22-9-3-2-7(4-8(9)14)11(12(20)21)18-10(19)5-23-6-13(15,16)17/h2-4,11H,5-6H2,1H3,(H,18,19)(H,20,21). The highest BCUT2D eigenvalue weighted by atomic mass is 32.2. The fourth-order valence-corrected chi connectivity index (χ4v) is 2.21. The van der Waals surface area contributed by atoms with Gasteiger partial charge >= 0.3 is 12.1 Å². The molecule has 0 saturated heterocycles. The van der Waals surface area contributed by atoms with Crippen LogP contribution in [0.1, 0.15) is 11.6 Å². The fourth-order valence-electron chi connectivity index (χ4n) is 1.61. The number of ether oxygens (including phenoxy) is 1. The highest BCUT2D eigenvalue weighted by Crippen LogP contribution is 2.23. The summed E-state index contributed by atoms with van der Waals surface area (Å²) in [5.74, 6) is -5.09. The van der Waals surface area contributed by atoms with E-state index in [1.807, 2.05) is 5.32 Å². The summed E-state index contributed by atoms with van der Waals surface area (Å²) >= 11 is 0.302. The zero-order valence-electron chi connectivity index (χ0n) is 11.8. The molecule has 0 saturated carbocycles. The van der Waals surface area contributed by atoms with Gasteiger partial charge in [0.05, 0.1) is 18.6 Å². The van der Waals surface area contributed by atoms with Crippen LogP contribution in [0.4, 0.5) is 17.6 Å². The van der Waals surface area contributed by atoms with Crippen LogP contribution in [0, 0.1) is 5.82 Å². The van der Waals surface area contributed by atoms with E-state index in [4.69, 9.17) is 5.11 Å². The topological polar surface area (TPSA) is 75.6 Å². The van der Waals surface area contributed by atoms with Gasteiger partial charge in [-0.1, -0.05) is 6.07 Å². The second-order valence-corrected chi connectivity index (χ2v) is 5.33. The maximum atomic E-state index is 13.6. The maximum Gasteiger partial charge on any atom is 0.397 e. The molecule has 128 valence electrons. The monoisotopic (exact) mass is 355 g/mol. The lowest BCUT2D eigenvalue weighted by Crippen LogP contribution is -2.35. The number of carboxylic acid groups (broad SMARTS) is 1. The molecule has 1 rings (SSSR count). The quantitative estimate of drug-likeness (QED) is 0.735. The Labute approximate surface area is 133 Å². The summed E-state index contributed by atoms with van der Waals surface area (Å²) in [6.07, 6.45) is -4.42. The van der Waals surface area contributed by atoms with Crippen molar-refractivity contribution in [1.82, 2.24) is 5.32 Å². The molecule has 0 aliphatic heterocycles. The molecule has 1 aromatic carbocycles. The van der Waals surface area contributed by atoms with Crippen LogP contribution in [0.5, 0.6) is 5.75 Å². The number of aliphatic carboxylic acids is 1. The minimum atomic E-state index is -4.42. The largest absolute Gasteiger partial charge is 0.494 e. The van der Waals surface area contributed by atoms with Crippen molar-refractivity contribution in [3.8, 4) is 5.75 Å². The molecule has 0 spiro atoms. The first kappa shape index (κ1) is 19.1. The Morgan fingerprint density at radius 2 is 2.04 bits per heavy atom. The first-order valence-corrected chi connectivity index (χ1v) is 7.29. The third-order valence-corrected chi connectivity index (χ3v) is 3.56. The lowest BCUT2D eigenvalue weighted by atomic mass is 10.1. The zero-order chi connectivity index (χ0) is 17.6. The molecular formula is C13H13F4NO4S. The molecule has 2 N–H and O–H groups in total. The van der Waals surface area contributed by atoms with Crippen molar-refractivity contribution in [2.45, 2.75) is 12.2 Å². The van der Waals surface area contributed by atoms with Crippen molar-refractivity contribution in [2.24, 2.45) is 0 Å². The Balaban J connectivity index is 2.74. The molecule has 0 aromatic heterocycles. The number of thioether (sulfide) groups is 1. The lowest BCUT2D eigenvalue weighted by molar-refractivity contribution is -0.141. The first-order chi connectivity index (χ1) is 10.6. The van der Waals surface area contributed by atoms with Crippen LogP contribution >= 0.6 is 11.8 Å². The Bertz CT molecular complexity index is 580. The number of halogens is 4. The van der Waals surface area contributed by atoms with E-state index in [2.05, 4.69) is 4.74 Å². The Morgan fingerprint density at radius 3 is 2.52 bits per heavy atom. The number of carboxylic acids is 1. The molecule has 0 aliphatic rings. The molecule has 1 aromatic rings. The normalized spacial score (nSPS) is 12.6. The van der Waals surface area contributed by atoms with Crippen LogP contribution in [0.15, 0.2) is 18.2 Å². The van der Waals surface area contributed by atoms with Crippen molar-refractivity contribution in [3.05, 3.63) is 29.6 Å². The van der Waals surface area contributed by atoms with Gasteiger partial charge in [0, 0.05) is 0 Å². The summed E-state index contributed by atoms with van der Waals surface area (Å²) < 4.78 is 54.2. The number of rotatable bonds is 7. The molecule has 0 radical (unpaired) electrons. The van der Waals surface area contributed by atoms with Crippen molar-refractivity contribution in [3.63, 3.8) is 0 Å². The number of benzene rings is 1. The predicted molar refractivity (Wildman–Crippen MR) is 74.9 cm³/mol. The molecule has 0 fully saturated rings. The van der Waals surface area contributed by atoms with E-state index in [1.165, 1.54) is 19.2 Å². The van der Waals surface area contributed by atoms with Crippen molar-refractivity contribution >= 4 is 23.6 Å². The first-order valence-electron chi connectivity index (χ1n) is 6.14. The number of amides is 1. The van der Waals surface area contributed by atoms with E-state index < -0.39 is 41.4 Å². The molecule has 1 unspecified atom stereocenters. The van der Waals surface area contributed by atoms with Crippen LogP contribution < -0.4 is 10.1 Å². The molecule has 10 heteroatoms. The lowest BCUT2D eigenvalue weighted by Gasteiger charge is -2.16. The SMILES string of the molecule is COc1ccc(C(NC(=O)CSCC(F)(F)F)C(=O)O)cc1F. The summed E-state index contributed by atoms with van der Waals surface area (Å²) in [6.45, 7) is 0. The highest BCUT2D eigenvalue weighted by molar-refractivity contribution is 8.00. The summed E-state index contributed by atoms with van der Waals surface area (Å²) in [6, 6.07) is 1.73. The maximum absolute atomic E-state index is 13.6. The smallest absolute Gasteiger partial charge is 0.397 e. The van der Waals surface area contributed by atoms with E-state index in [0.717, 1.165) is 6.07 Å². The van der Waals surface area contributed by atoms with Crippen LogP contribution in [0.3, 0.4) is 0 Å². The van der Waals surface area contributed by atoms with Gasteiger partial charge in [0.25, 0.3) is 0 Å². The van der Waals surface area contributed by atoms with Crippen molar-refractivity contribution < 1.29 is 37.0 Å². The van der Waals surface area contributed by atoms with Gasteiger partial charge in [-0.05, 0) is 17.7 Å². The summed E-state index contributed by atoms with van der Waals surface area (Å²) in [4.78, 5) is 22.7. The minimum absolute atomic E-state index is 0.0648. The van der Waals surface area contributed by atoms with Crippen LogP contribution in [-0.4, -0.2) is 41.8 Å². The molecular weight excluding hydrogens is 342 g/mol. The fraction of sp³-hybridized carbons (Fsp3) is 0.385. The van der Waals surface area contributed by atoms with Gasteiger partial charge in [0.15, 0.2) is 17.6 Å². The minimum Gasteiger partial charge on any atom is -0.494 e. The van der Waals surface area contributed by atoms with Gasteiger partial charge in [-0.2, -0.15) is 13.2 Å². The van der Waals surface area contributed by atoms with E-state index in [1.54, 1.807) is 0 Å². The Morgan fingerprint density at radius 1 is 1.39 bits per heavy atom. The van der Waals surface area contributed by atoms with Gasteiger partial charge in [0.1, 0.15) is 0 Å². The van der Waals surface area contributed by atoms with Gasteiger partial charge in [0.2, 0.25) is 5.91 Å². The molecule has 5 nitrogen and oxygen atoms in total. The molecule has 0 aliphatic carbocycles. The van der Waals surface area contributed by atoms with E-state index in [9.17, 15) is 27.2 Å². The summed E-state index contributed by atoms with van der Waals surface area (Å²) in [5.41, 5.74) is -0.0648. The summed E-state index contributed by atoms with van der Waals surface area (Å²) in [5, 5.41) is 11.1. The van der Waals surface area contributed by atoms with E-state index in [0.29, 0.717) is 11.8 Å². The number of carbonyl (C=O) groups is 2. The second kappa shape index (κ2) is 8.04. The third kappa shape index (κ3) is 6.35. The average molecular weight is 355 g/mol. The number of hydrogen-bond acceptors (Lipinski definition) is 4.